The Labute approximate surface area is 115 Å². The average Bonchev–Trinajstić information content (AvgIpc) is 2.40. The highest BCUT2D eigenvalue weighted by Gasteiger charge is 2.05. The van der Waals surface area contributed by atoms with Gasteiger partial charge in [0.15, 0.2) is 5.78 Å². The van der Waals surface area contributed by atoms with E-state index in [9.17, 15) is 4.79 Å². The van der Waals surface area contributed by atoms with Crippen molar-refractivity contribution in [1.82, 2.24) is 0 Å². The van der Waals surface area contributed by atoms with Crippen LogP contribution in [0.15, 0.2) is 41.4 Å². The summed E-state index contributed by atoms with van der Waals surface area (Å²) in [5.74, 6) is 0.0816. The Morgan fingerprint density at radius 3 is 2.61 bits per heavy atom. The number of benzene rings is 1. The average molecular weight is 265 g/mol. The van der Waals surface area contributed by atoms with Crippen molar-refractivity contribution < 1.29 is 4.79 Å². The minimum Gasteiger partial charge on any atom is -0.293 e. The molecule has 0 aliphatic heterocycles. The molecule has 0 saturated carbocycles. The number of Topliss-reactive ketones (excluding diaryl/α,β-unsaturated/α-hetero) is 1. The van der Waals surface area contributed by atoms with Crippen LogP contribution in [0.5, 0.6) is 0 Å². The molecule has 0 atom stereocenters. The lowest BCUT2D eigenvalue weighted by molar-refractivity contribution is -0.115. The van der Waals surface area contributed by atoms with Crippen LogP contribution in [-0.2, 0) is 11.2 Å². The van der Waals surface area contributed by atoms with Gasteiger partial charge in [0.2, 0.25) is 0 Å². The fourth-order valence-electron chi connectivity index (χ4n) is 1.78. The molecule has 0 radical (unpaired) electrons. The molecule has 0 spiro atoms. The Morgan fingerprint density at radius 2 is 1.94 bits per heavy atom. The molecule has 0 bridgehead atoms. The fourth-order valence-corrected chi connectivity index (χ4v) is 1.98. The molecule has 2 heteroatoms. The Balaban J connectivity index is 2.30. The van der Waals surface area contributed by atoms with E-state index in [1.54, 1.807) is 0 Å². The minimum atomic E-state index is 0.0816. The summed E-state index contributed by atoms with van der Waals surface area (Å²) in [6.07, 6.45) is 7.35. The number of allylic oxidation sites excluding steroid dienone is 2. The normalized spacial score (nSPS) is 11.6. The smallest absolute Gasteiger partial charge is 0.173 e. The lowest BCUT2D eigenvalue weighted by Crippen LogP contribution is -1.97. The third-order valence-corrected chi connectivity index (χ3v) is 3.24. The summed E-state index contributed by atoms with van der Waals surface area (Å²) >= 11 is 5.99. The molecule has 1 nitrogen and oxygen atoms in total. The van der Waals surface area contributed by atoms with E-state index in [1.807, 2.05) is 24.3 Å². The Hall–Kier alpha value is -1.08. The van der Waals surface area contributed by atoms with Gasteiger partial charge in [-0.1, -0.05) is 67.8 Å². The maximum atomic E-state index is 11.7. The SMILES string of the molecule is CCCCCC(=O)C(Cl)=CCCc1ccccc1. The first-order valence-electron chi connectivity index (χ1n) is 6.66. The molecule has 0 aliphatic carbocycles. The molecule has 0 fully saturated rings. The van der Waals surface area contributed by atoms with Crippen LogP contribution in [0.1, 0.15) is 44.6 Å². The van der Waals surface area contributed by atoms with Crippen molar-refractivity contribution >= 4 is 17.4 Å². The first-order valence-corrected chi connectivity index (χ1v) is 7.04. The number of halogens is 1. The van der Waals surface area contributed by atoms with E-state index < -0.39 is 0 Å². The number of ketones is 1. The molecule has 0 unspecified atom stereocenters. The first-order chi connectivity index (χ1) is 8.74. The molecular weight excluding hydrogens is 244 g/mol. The van der Waals surface area contributed by atoms with Crippen molar-refractivity contribution in [2.75, 3.05) is 0 Å². The highest BCUT2D eigenvalue weighted by atomic mass is 35.5. The van der Waals surface area contributed by atoms with Crippen molar-refractivity contribution in [1.29, 1.82) is 0 Å². The van der Waals surface area contributed by atoms with Gasteiger partial charge in [-0.15, -0.1) is 0 Å². The van der Waals surface area contributed by atoms with Crippen molar-refractivity contribution in [2.24, 2.45) is 0 Å². The minimum absolute atomic E-state index is 0.0816. The molecule has 0 saturated heterocycles. The topological polar surface area (TPSA) is 17.1 Å². The summed E-state index contributed by atoms with van der Waals surface area (Å²) in [6, 6.07) is 10.2. The van der Waals surface area contributed by atoms with E-state index in [1.165, 1.54) is 5.56 Å². The molecular formula is C16H21ClO. The number of rotatable bonds is 8. The van der Waals surface area contributed by atoms with Gasteiger partial charge in [-0.3, -0.25) is 4.79 Å². The number of aryl methyl sites for hydroxylation is 1. The number of hydrogen-bond donors (Lipinski definition) is 0. The van der Waals surface area contributed by atoms with Gasteiger partial charge < -0.3 is 0 Å². The zero-order valence-electron chi connectivity index (χ0n) is 11.0. The second-order valence-electron chi connectivity index (χ2n) is 4.46. The maximum absolute atomic E-state index is 11.7. The van der Waals surface area contributed by atoms with Gasteiger partial charge in [-0.25, -0.2) is 0 Å². The summed E-state index contributed by atoms with van der Waals surface area (Å²) < 4.78 is 0. The van der Waals surface area contributed by atoms with E-state index in [2.05, 4.69) is 19.1 Å². The summed E-state index contributed by atoms with van der Waals surface area (Å²) in [7, 11) is 0. The van der Waals surface area contributed by atoms with Crippen molar-refractivity contribution in [3.63, 3.8) is 0 Å². The van der Waals surface area contributed by atoms with Crippen LogP contribution < -0.4 is 0 Å². The van der Waals surface area contributed by atoms with Crippen LogP contribution in [0.3, 0.4) is 0 Å². The van der Waals surface area contributed by atoms with Crippen LogP contribution in [0.4, 0.5) is 0 Å². The van der Waals surface area contributed by atoms with Crippen LogP contribution in [0, 0.1) is 0 Å². The number of carbonyl (C=O) groups excluding carboxylic acids is 1. The van der Waals surface area contributed by atoms with E-state index in [0.717, 1.165) is 32.1 Å². The zero-order chi connectivity index (χ0) is 13.2. The summed E-state index contributed by atoms with van der Waals surface area (Å²) in [4.78, 5) is 11.7. The Bertz CT molecular complexity index is 381. The molecule has 98 valence electrons. The summed E-state index contributed by atoms with van der Waals surface area (Å²) in [5.41, 5.74) is 1.27. The lowest BCUT2D eigenvalue weighted by atomic mass is 10.1. The highest BCUT2D eigenvalue weighted by Crippen LogP contribution is 2.12. The van der Waals surface area contributed by atoms with Crippen LogP contribution in [-0.4, -0.2) is 5.78 Å². The Morgan fingerprint density at radius 1 is 1.22 bits per heavy atom. The van der Waals surface area contributed by atoms with E-state index in [0.29, 0.717) is 11.5 Å². The maximum Gasteiger partial charge on any atom is 0.173 e. The van der Waals surface area contributed by atoms with Gasteiger partial charge >= 0.3 is 0 Å². The van der Waals surface area contributed by atoms with Gasteiger partial charge in [-0.05, 0) is 24.8 Å². The third-order valence-electron chi connectivity index (χ3n) is 2.87. The third kappa shape index (κ3) is 6.02. The quantitative estimate of drug-likeness (QED) is 0.483. The molecule has 0 aromatic heterocycles. The molecule has 0 N–H and O–H groups in total. The standard InChI is InChI=1S/C16H21ClO/c1-2-3-5-13-16(18)15(17)12-8-11-14-9-6-4-7-10-14/h4,6-7,9-10,12H,2-3,5,8,11,13H2,1H3. The van der Waals surface area contributed by atoms with E-state index in [-0.39, 0.29) is 5.78 Å². The van der Waals surface area contributed by atoms with Gasteiger partial charge in [-0.2, -0.15) is 0 Å². The van der Waals surface area contributed by atoms with E-state index >= 15 is 0 Å². The largest absolute Gasteiger partial charge is 0.293 e. The summed E-state index contributed by atoms with van der Waals surface area (Å²) in [5, 5.41) is 0.405. The van der Waals surface area contributed by atoms with Crippen LogP contribution in [0.25, 0.3) is 0 Å². The predicted octanol–water partition coefficient (Wildman–Crippen LogP) is 4.89. The Kier molecular flexibility index (Phi) is 7.43. The van der Waals surface area contributed by atoms with Crippen LogP contribution in [0.2, 0.25) is 0 Å². The van der Waals surface area contributed by atoms with E-state index in [4.69, 9.17) is 11.6 Å². The predicted molar refractivity (Wildman–Crippen MR) is 77.8 cm³/mol. The molecule has 18 heavy (non-hydrogen) atoms. The second-order valence-corrected chi connectivity index (χ2v) is 4.86. The van der Waals surface area contributed by atoms with Crippen molar-refractivity contribution in [3.05, 3.63) is 47.0 Å². The summed E-state index contributed by atoms with van der Waals surface area (Å²) in [6.45, 7) is 2.13. The molecule has 1 aromatic carbocycles. The monoisotopic (exact) mass is 264 g/mol. The van der Waals surface area contributed by atoms with Gasteiger partial charge in [0, 0.05) is 6.42 Å². The molecule has 1 aromatic rings. The zero-order valence-corrected chi connectivity index (χ0v) is 11.7. The molecule has 0 heterocycles. The number of hydrogen-bond acceptors (Lipinski definition) is 1. The number of unbranched alkanes of at least 4 members (excludes halogenated alkanes) is 2. The number of carbonyl (C=O) groups is 1. The van der Waals surface area contributed by atoms with Crippen molar-refractivity contribution in [3.8, 4) is 0 Å². The molecule has 0 aliphatic rings. The highest BCUT2D eigenvalue weighted by molar-refractivity contribution is 6.42. The van der Waals surface area contributed by atoms with Crippen molar-refractivity contribution in [2.45, 2.75) is 45.4 Å². The first kappa shape index (κ1) is 15.0. The molecule has 0 amide bonds. The fraction of sp³-hybridized carbons (Fsp3) is 0.438. The second kappa shape index (κ2) is 8.93. The van der Waals surface area contributed by atoms with Gasteiger partial charge in [0.25, 0.3) is 0 Å². The molecule has 1 rings (SSSR count). The van der Waals surface area contributed by atoms with Gasteiger partial charge in [0.1, 0.15) is 0 Å². The van der Waals surface area contributed by atoms with Gasteiger partial charge in [0.05, 0.1) is 5.03 Å². The lowest BCUT2D eigenvalue weighted by Gasteiger charge is -2.00. The van der Waals surface area contributed by atoms with Crippen LogP contribution >= 0.6 is 11.6 Å².